The van der Waals surface area contributed by atoms with Crippen LogP contribution in [0.2, 0.25) is 0 Å². The summed E-state index contributed by atoms with van der Waals surface area (Å²) in [5.41, 5.74) is 12.4. The molecule has 1 aliphatic heterocycles. The predicted molar refractivity (Wildman–Crippen MR) is 243 cm³/mol. The number of nitrogens with zero attached hydrogens (tertiary/aromatic N) is 3. The Labute approximate surface area is 377 Å². The second-order valence-corrected chi connectivity index (χ2v) is 16.8. The minimum absolute atomic E-state index is 0.0644. The highest BCUT2D eigenvalue weighted by atomic mass is 16.4. The number of likely N-dealkylation sites (tertiary alicyclic amines) is 1. The third-order valence-corrected chi connectivity index (χ3v) is 11.4. The van der Waals surface area contributed by atoms with Gasteiger partial charge in [-0.05, 0) is 78.1 Å². The molecule has 6 amide bonds. The molecule has 0 bridgehead atoms. The fraction of sp³-hybridized carbons (Fsp3) is 0.457. The van der Waals surface area contributed by atoms with Crippen LogP contribution in [0.3, 0.4) is 0 Å². The van der Waals surface area contributed by atoms with Crippen molar-refractivity contribution in [3.05, 3.63) is 77.9 Å². The number of aliphatic carboxylic acids is 2. The molecular weight excluding hydrogens is 839 g/mol. The number of hydrogen-bond donors (Lipinski definition) is 8. The Hall–Kier alpha value is -7.05. The van der Waals surface area contributed by atoms with E-state index in [9.17, 15) is 48.6 Å². The molecule has 65 heavy (non-hydrogen) atoms. The third-order valence-electron chi connectivity index (χ3n) is 11.4. The van der Waals surface area contributed by atoms with Gasteiger partial charge in [0.25, 0.3) is 5.91 Å². The van der Waals surface area contributed by atoms with Gasteiger partial charge in [-0.25, -0.2) is 4.79 Å². The summed E-state index contributed by atoms with van der Waals surface area (Å²) in [5.74, 6) is -7.42. The van der Waals surface area contributed by atoms with Crippen LogP contribution in [-0.4, -0.2) is 124 Å². The Morgan fingerprint density at radius 2 is 1.48 bits per heavy atom. The van der Waals surface area contributed by atoms with Crippen LogP contribution in [-0.2, 0) is 40.0 Å². The highest BCUT2D eigenvalue weighted by Crippen LogP contribution is 2.26. The number of aliphatic imine (C=N–C) groups is 1. The molecule has 3 aromatic carbocycles. The lowest BCUT2D eigenvalue weighted by Gasteiger charge is -2.33. The van der Waals surface area contributed by atoms with Crippen molar-refractivity contribution in [3.8, 4) is 0 Å². The van der Waals surface area contributed by atoms with E-state index >= 15 is 0 Å². The molecule has 6 atom stereocenters. The normalized spacial score (nSPS) is 15.8. The number of carboxylic acid groups (broad SMARTS) is 2. The monoisotopic (exact) mass is 899 g/mol. The molecule has 1 fully saturated rings. The van der Waals surface area contributed by atoms with Gasteiger partial charge in [-0.15, -0.1) is 0 Å². The second kappa shape index (κ2) is 23.6. The highest BCUT2D eigenvalue weighted by Gasteiger charge is 2.44. The summed E-state index contributed by atoms with van der Waals surface area (Å²) < 4.78 is 0. The molecule has 0 radical (unpaired) electrons. The van der Waals surface area contributed by atoms with Crippen LogP contribution < -0.4 is 32.7 Å². The van der Waals surface area contributed by atoms with Gasteiger partial charge in [-0.2, -0.15) is 0 Å². The van der Waals surface area contributed by atoms with E-state index in [0.29, 0.717) is 23.2 Å². The summed E-state index contributed by atoms with van der Waals surface area (Å²) in [6.07, 6.45) is -0.175. The number of amides is 6. The van der Waals surface area contributed by atoms with Gasteiger partial charge < -0.3 is 52.7 Å². The summed E-state index contributed by atoms with van der Waals surface area (Å²) in [4.78, 5) is 112. The SMILES string of the molecule is CCC(C)C(C(=O)N[C@@H](CC(=O)O)C(=O)N[C@H](CCCN=C(N)N)C(=O)N[C@@H](CC(C)C)C(=O)O)N1CCC(N(C)C(=O)Cc2ccc(C(=O)Nc3ccc4ccccc4c3)cc2)C1=O. The summed E-state index contributed by atoms with van der Waals surface area (Å²) in [6, 6.07) is 13.5. The molecular formula is C46H61N9O10. The lowest BCUT2D eigenvalue weighted by atomic mass is 9.96. The smallest absolute Gasteiger partial charge is 0.326 e. The van der Waals surface area contributed by atoms with Crippen molar-refractivity contribution in [3.63, 3.8) is 0 Å². The van der Waals surface area contributed by atoms with Crippen LogP contribution in [0.5, 0.6) is 0 Å². The first-order valence-electron chi connectivity index (χ1n) is 21.7. The molecule has 3 aromatic rings. The maximum absolute atomic E-state index is 14.1. The number of benzene rings is 3. The van der Waals surface area contributed by atoms with Gasteiger partial charge in [0.15, 0.2) is 5.96 Å². The van der Waals surface area contributed by atoms with Crippen molar-refractivity contribution in [1.82, 2.24) is 25.8 Å². The Morgan fingerprint density at radius 1 is 0.846 bits per heavy atom. The summed E-state index contributed by atoms with van der Waals surface area (Å²) >= 11 is 0. The molecule has 0 spiro atoms. The molecule has 10 N–H and O–H groups in total. The average molecular weight is 900 g/mol. The van der Waals surface area contributed by atoms with Crippen molar-refractivity contribution in [2.75, 3.05) is 25.5 Å². The van der Waals surface area contributed by atoms with Gasteiger partial charge in [0.2, 0.25) is 29.5 Å². The lowest BCUT2D eigenvalue weighted by Crippen LogP contribution is -2.59. The van der Waals surface area contributed by atoms with Crippen LogP contribution >= 0.6 is 0 Å². The zero-order valence-corrected chi connectivity index (χ0v) is 37.4. The molecule has 1 saturated heterocycles. The highest BCUT2D eigenvalue weighted by molar-refractivity contribution is 6.05. The minimum Gasteiger partial charge on any atom is -0.481 e. The largest absolute Gasteiger partial charge is 0.481 e. The quantitative estimate of drug-likeness (QED) is 0.0386. The van der Waals surface area contributed by atoms with Crippen molar-refractivity contribution in [2.24, 2.45) is 28.3 Å². The molecule has 0 aromatic heterocycles. The number of carboxylic acids is 2. The van der Waals surface area contributed by atoms with Crippen molar-refractivity contribution in [2.45, 2.75) is 103 Å². The lowest BCUT2D eigenvalue weighted by molar-refractivity contribution is -0.146. The second-order valence-electron chi connectivity index (χ2n) is 16.8. The number of nitrogens with two attached hydrogens (primary N) is 2. The third kappa shape index (κ3) is 14.5. The van der Waals surface area contributed by atoms with Crippen LogP contribution in [0.15, 0.2) is 71.7 Å². The molecule has 4 rings (SSSR count). The van der Waals surface area contributed by atoms with Crippen molar-refractivity contribution in [1.29, 1.82) is 0 Å². The number of anilines is 1. The minimum atomic E-state index is -1.71. The topological polar surface area (TPSA) is 296 Å². The zero-order valence-electron chi connectivity index (χ0n) is 37.4. The van der Waals surface area contributed by atoms with Gasteiger partial charge in [0.1, 0.15) is 30.2 Å². The molecule has 0 saturated carbocycles. The molecule has 350 valence electrons. The van der Waals surface area contributed by atoms with Crippen LogP contribution in [0, 0.1) is 11.8 Å². The molecule has 1 aliphatic rings. The van der Waals surface area contributed by atoms with Crippen LogP contribution in [0.1, 0.15) is 82.1 Å². The standard InChI is InChI=1S/C46H61N9O10/c1-6-27(4)39(43(62)52-34(25-38(57)58)42(61)51-33(12-9-20-49-46(47)48)41(60)53-35(45(64)65)22-26(2)3)55-21-19-36(44(55)63)54(5)37(56)23-28-13-15-30(16-14-28)40(59)50-32-18-17-29-10-7-8-11-31(29)24-32/h7-8,10-11,13-18,24,26-27,33-36,39H,6,9,12,19-23,25H2,1-5H3,(H,50,59)(H,51,61)(H,52,62)(H,53,60)(H,57,58)(H,64,65)(H4,47,48,49)/t27?,33-,34+,35+,36?,39?/m1/s1. The molecule has 19 nitrogen and oxygen atoms in total. The molecule has 0 aliphatic carbocycles. The zero-order chi connectivity index (χ0) is 48.0. The van der Waals surface area contributed by atoms with Crippen molar-refractivity contribution >= 4 is 69.8 Å². The van der Waals surface area contributed by atoms with Crippen LogP contribution in [0.25, 0.3) is 10.8 Å². The molecule has 19 heteroatoms. The van der Waals surface area contributed by atoms with Gasteiger partial charge in [0, 0.05) is 31.4 Å². The fourth-order valence-corrected chi connectivity index (χ4v) is 7.62. The maximum atomic E-state index is 14.1. The van der Waals surface area contributed by atoms with E-state index in [-0.39, 0.29) is 68.9 Å². The Balaban J connectivity index is 1.43. The summed E-state index contributed by atoms with van der Waals surface area (Å²) in [6.45, 7) is 7.22. The van der Waals surface area contributed by atoms with E-state index < -0.39 is 78.1 Å². The number of carbonyl (C=O) groups is 8. The van der Waals surface area contributed by atoms with Crippen molar-refractivity contribution < 1.29 is 48.6 Å². The van der Waals surface area contributed by atoms with E-state index in [1.54, 1.807) is 52.0 Å². The number of hydrogen-bond acceptors (Lipinski definition) is 9. The maximum Gasteiger partial charge on any atom is 0.326 e. The van der Waals surface area contributed by atoms with Gasteiger partial charge in [-0.1, -0.05) is 76.6 Å². The number of guanidine groups is 1. The first-order chi connectivity index (χ1) is 30.8. The summed E-state index contributed by atoms with van der Waals surface area (Å²) in [7, 11) is 1.50. The Kier molecular flexibility index (Phi) is 18.4. The van der Waals surface area contributed by atoms with E-state index in [1.807, 2.05) is 42.5 Å². The number of rotatable bonds is 23. The number of carbonyl (C=O) groups excluding carboxylic acids is 6. The van der Waals surface area contributed by atoms with E-state index in [2.05, 4.69) is 26.3 Å². The average Bonchev–Trinajstić information content (AvgIpc) is 3.63. The first kappa shape index (κ1) is 50.6. The molecule has 1 heterocycles. The fourth-order valence-electron chi connectivity index (χ4n) is 7.62. The summed E-state index contributed by atoms with van der Waals surface area (Å²) in [5, 5.41) is 31.8. The van der Waals surface area contributed by atoms with Gasteiger partial charge in [-0.3, -0.25) is 38.6 Å². The predicted octanol–water partition coefficient (Wildman–Crippen LogP) is 2.22. The molecule has 3 unspecified atom stereocenters. The Morgan fingerprint density at radius 3 is 2.09 bits per heavy atom. The number of nitrogens with one attached hydrogen (secondary N) is 4. The van der Waals surface area contributed by atoms with Gasteiger partial charge >= 0.3 is 11.9 Å². The van der Waals surface area contributed by atoms with E-state index in [4.69, 9.17) is 11.5 Å². The number of likely N-dealkylation sites (N-methyl/N-ethyl adjacent to an activating group) is 1. The van der Waals surface area contributed by atoms with Gasteiger partial charge in [0.05, 0.1) is 12.8 Å². The van der Waals surface area contributed by atoms with Crippen LogP contribution in [0.4, 0.5) is 5.69 Å². The van der Waals surface area contributed by atoms with E-state index in [1.165, 1.54) is 16.8 Å². The first-order valence-corrected chi connectivity index (χ1v) is 21.7. The Bertz CT molecular complexity index is 2250. The number of fused-ring (bicyclic) bond motifs is 1. The van der Waals surface area contributed by atoms with E-state index in [0.717, 1.165) is 10.8 Å².